The molecule has 1 aromatic carbocycles. The van der Waals surface area contributed by atoms with Crippen LogP contribution < -0.4 is 19.5 Å². The van der Waals surface area contributed by atoms with Crippen molar-refractivity contribution in [3.8, 4) is 17.2 Å². The van der Waals surface area contributed by atoms with Crippen LogP contribution in [-0.4, -0.2) is 49.6 Å². The average Bonchev–Trinajstić information content (AvgIpc) is 3.32. The number of amides is 1. The summed E-state index contributed by atoms with van der Waals surface area (Å²) in [5, 5.41) is 8.12. The highest BCUT2D eigenvalue weighted by Gasteiger charge is 2.19. The number of methoxy groups -OCH3 is 3. The molecule has 0 aliphatic carbocycles. The quantitative estimate of drug-likeness (QED) is 0.483. The predicted molar refractivity (Wildman–Crippen MR) is 122 cm³/mol. The van der Waals surface area contributed by atoms with E-state index < -0.39 is 18.5 Å². The molecule has 3 aromatic rings. The van der Waals surface area contributed by atoms with Gasteiger partial charge in [-0.2, -0.15) is 5.10 Å². The summed E-state index contributed by atoms with van der Waals surface area (Å²) in [5.74, 6) is 0.590. The molecule has 0 spiro atoms. The first-order valence-electron chi connectivity index (χ1n) is 10.0. The number of carbonyl (C=O) groups excluding carboxylic acids is 2. The van der Waals surface area contributed by atoms with Gasteiger partial charge in [0.1, 0.15) is 9.71 Å². The Balaban J connectivity index is 1.67. The van der Waals surface area contributed by atoms with Gasteiger partial charge in [-0.05, 0) is 18.9 Å². The number of nitrogens with one attached hydrogen (secondary N) is 1. The second-order valence-corrected chi connectivity index (χ2v) is 8.56. The molecule has 0 aliphatic heterocycles. The number of nitrogens with zero attached hydrogens (tertiary/aromatic N) is 2. The second-order valence-electron chi connectivity index (χ2n) is 7.53. The molecule has 9 nitrogen and oxygen atoms in total. The molecule has 0 unspecified atom stereocenters. The molecule has 2 heterocycles. The number of ether oxygens (including phenoxy) is 4. The minimum absolute atomic E-state index is 0.398. The Labute approximate surface area is 190 Å². The smallest absolute Gasteiger partial charge is 0.348 e. The summed E-state index contributed by atoms with van der Waals surface area (Å²) in [5.41, 5.74) is 1.28. The molecule has 0 fully saturated rings. The lowest BCUT2D eigenvalue weighted by Gasteiger charge is -2.14. The van der Waals surface area contributed by atoms with E-state index in [9.17, 15) is 9.59 Å². The van der Waals surface area contributed by atoms with E-state index in [0.29, 0.717) is 33.7 Å². The van der Waals surface area contributed by atoms with Crippen LogP contribution in [0.4, 0.5) is 5.69 Å². The van der Waals surface area contributed by atoms with E-state index in [2.05, 4.69) is 24.3 Å². The van der Waals surface area contributed by atoms with E-state index in [1.54, 1.807) is 18.2 Å². The number of rotatable bonds is 9. The summed E-state index contributed by atoms with van der Waals surface area (Å²) >= 11 is 1.31. The van der Waals surface area contributed by atoms with Gasteiger partial charge in [-0.3, -0.25) is 9.48 Å². The van der Waals surface area contributed by atoms with Crippen molar-refractivity contribution in [3.05, 3.63) is 28.8 Å². The maximum atomic E-state index is 12.5. The Morgan fingerprint density at radius 2 is 1.75 bits per heavy atom. The lowest BCUT2D eigenvalue weighted by atomic mass is 10.2. The topological polar surface area (TPSA) is 101 Å². The van der Waals surface area contributed by atoms with Gasteiger partial charge < -0.3 is 24.3 Å². The van der Waals surface area contributed by atoms with E-state index in [1.165, 1.54) is 32.7 Å². The molecular weight excluding hydrogens is 434 g/mol. The fourth-order valence-corrected chi connectivity index (χ4v) is 4.30. The lowest BCUT2D eigenvalue weighted by Crippen LogP contribution is -2.20. The van der Waals surface area contributed by atoms with Crippen molar-refractivity contribution in [2.75, 3.05) is 33.3 Å². The molecule has 0 radical (unpaired) electrons. The van der Waals surface area contributed by atoms with Gasteiger partial charge in [0, 0.05) is 29.8 Å². The summed E-state index contributed by atoms with van der Waals surface area (Å²) in [4.78, 5) is 26.2. The number of anilines is 1. The molecule has 10 heteroatoms. The summed E-state index contributed by atoms with van der Waals surface area (Å²) in [7, 11) is 4.46. The number of hydrogen-bond acceptors (Lipinski definition) is 8. The Kier molecular flexibility index (Phi) is 7.24. The molecule has 1 amide bonds. The van der Waals surface area contributed by atoms with E-state index in [-0.39, 0.29) is 0 Å². The molecule has 0 bridgehead atoms. The fourth-order valence-electron chi connectivity index (χ4n) is 3.24. The summed E-state index contributed by atoms with van der Waals surface area (Å²) in [6.45, 7) is 6.46. The van der Waals surface area contributed by atoms with Crippen molar-refractivity contribution in [1.82, 2.24) is 9.78 Å². The molecule has 1 N–H and O–H groups in total. The lowest BCUT2D eigenvalue weighted by molar-refractivity contribution is -0.119. The monoisotopic (exact) mass is 461 g/mol. The van der Waals surface area contributed by atoms with Crippen molar-refractivity contribution < 1.29 is 28.5 Å². The Morgan fingerprint density at radius 1 is 1.09 bits per heavy atom. The Bertz CT molecular complexity index is 1110. The highest BCUT2D eigenvalue weighted by atomic mass is 32.1. The van der Waals surface area contributed by atoms with Gasteiger partial charge in [0.15, 0.2) is 18.1 Å². The number of aromatic nitrogens is 2. The van der Waals surface area contributed by atoms with Gasteiger partial charge in [-0.25, -0.2) is 4.79 Å². The van der Waals surface area contributed by atoms with Gasteiger partial charge in [-0.15, -0.1) is 11.3 Å². The van der Waals surface area contributed by atoms with Crippen LogP contribution in [0, 0.1) is 12.8 Å². The molecule has 2 aromatic heterocycles. The van der Waals surface area contributed by atoms with Gasteiger partial charge in [-0.1, -0.05) is 13.8 Å². The minimum atomic E-state index is -0.554. The maximum absolute atomic E-state index is 12.5. The molecule has 0 saturated carbocycles. The largest absolute Gasteiger partial charge is 0.493 e. The normalized spacial score (nSPS) is 11.0. The number of fused-ring (bicyclic) bond motifs is 1. The highest BCUT2D eigenvalue weighted by Crippen LogP contribution is 2.39. The highest BCUT2D eigenvalue weighted by molar-refractivity contribution is 7.20. The zero-order valence-electron chi connectivity index (χ0n) is 19.0. The number of benzene rings is 1. The average molecular weight is 462 g/mol. The van der Waals surface area contributed by atoms with E-state index in [0.717, 1.165) is 22.5 Å². The fraction of sp³-hybridized carbons (Fsp3) is 0.409. The summed E-state index contributed by atoms with van der Waals surface area (Å²) in [6.07, 6.45) is 0. The van der Waals surface area contributed by atoms with Crippen molar-refractivity contribution in [2.24, 2.45) is 5.92 Å². The molecular formula is C22H27N3O6S. The zero-order chi connectivity index (χ0) is 23.4. The Morgan fingerprint density at radius 3 is 2.31 bits per heavy atom. The minimum Gasteiger partial charge on any atom is -0.493 e. The number of hydrogen-bond donors (Lipinski definition) is 1. The molecule has 3 rings (SSSR count). The van der Waals surface area contributed by atoms with Crippen LogP contribution in [0.25, 0.3) is 10.2 Å². The number of esters is 1. The van der Waals surface area contributed by atoms with Gasteiger partial charge in [0.2, 0.25) is 5.75 Å². The zero-order valence-corrected chi connectivity index (χ0v) is 19.8. The third-order valence-corrected chi connectivity index (χ3v) is 5.76. The van der Waals surface area contributed by atoms with Crippen molar-refractivity contribution in [2.45, 2.75) is 27.3 Å². The molecule has 0 saturated heterocycles. The van der Waals surface area contributed by atoms with Crippen LogP contribution in [0.15, 0.2) is 18.2 Å². The number of aryl methyl sites for hydroxylation is 1. The first-order chi connectivity index (χ1) is 15.3. The van der Waals surface area contributed by atoms with Crippen LogP contribution in [0.1, 0.15) is 29.2 Å². The SMILES string of the molecule is COc1cc(NC(=O)COC(=O)c2cc3c(C)nn(CC(C)C)c3s2)cc(OC)c1OC. The standard InChI is InChI=1S/C22H27N3O6S/c1-12(2)10-25-21-15(13(3)24-25)9-18(32-21)22(27)31-11-19(26)23-14-7-16(28-4)20(30-6)17(8-14)29-5/h7-9,12H,10-11H2,1-6H3,(H,23,26). The van der Waals surface area contributed by atoms with E-state index in [1.807, 2.05) is 11.6 Å². The Hall–Kier alpha value is -3.27. The number of thiophene rings is 1. The number of carbonyl (C=O) groups is 2. The van der Waals surface area contributed by atoms with E-state index >= 15 is 0 Å². The summed E-state index contributed by atoms with van der Waals surface area (Å²) < 4.78 is 22.9. The first-order valence-corrected chi connectivity index (χ1v) is 10.8. The first kappa shape index (κ1) is 23.4. The van der Waals surface area contributed by atoms with Gasteiger partial charge in [0.05, 0.1) is 27.0 Å². The van der Waals surface area contributed by atoms with Crippen molar-refractivity contribution >= 4 is 39.1 Å². The van der Waals surface area contributed by atoms with Crippen LogP contribution in [0.2, 0.25) is 0 Å². The van der Waals surface area contributed by atoms with Gasteiger partial charge in [0.25, 0.3) is 5.91 Å². The van der Waals surface area contributed by atoms with Crippen LogP contribution in [0.5, 0.6) is 17.2 Å². The third-order valence-electron chi connectivity index (χ3n) is 4.63. The van der Waals surface area contributed by atoms with Crippen molar-refractivity contribution in [1.29, 1.82) is 0 Å². The van der Waals surface area contributed by atoms with Crippen molar-refractivity contribution in [3.63, 3.8) is 0 Å². The summed E-state index contributed by atoms with van der Waals surface area (Å²) in [6, 6.07) is 4.95. The third kappa shape index (κ3) is 4.96. The second kappa shape index (κ2) is 9.90. The van der Waals surface area contributed by atoms with Gasteiger partial charge >= 0.3 is 5.97 Å². The molecule has 0 atom stereocenters. The molecule has 32 heavy (non-hydrogen) atoms. The molecule has 0 aliphatic rings. The maximum Gasteiger partial charge on any atom is 0.348 e. The van der Waals surface area contributed by atoms with E-state index in [4.69, 9.17) is 18.9 Å². The van der Waals surface area contributed by atoms with Crippen LogP contribution in [-0.2, 0) is 16.1 Å². The van der Waals surface area contributed by atoms with Crippen LogP contribution in [0.3, 0.4) is 0 Å². The predicted octanol–water partition coefficient (Wildman–Crippen LogP) is 3.88. The molecule has 172 valence electrons. The van der Waals surface area contributed by atoms with Crippen LogP contribution >= 0.6 is 11.3 Å².